The Hall–Kier alpha value is -2.96. The van der Waals surface area contributed by atoms with Gasteiger partial charge in [-0.2, -0.15) is 5.10 Å². The molecule has 1 aliphatic rings. The molecular formula is C20H24N6O. The first-order chi connectivity index (χ1) is 13.0. The quantitative estimate of drug-likeness (QED) is 0.768. The maximum atomic E-state index is 13.1. The van der Waals surface area contributed by atoms with E-state index in [9.17, 15) is 4.79 Å². The fourth-order valence-corrected chi connectivity index (χ4v) is 3.62. The van der Waals surface area contributed by atoms with E-state index in [4.69, 9.17) is 0 Å². The second-order valence-electron chi connectivity index (χ2n) is 7.38. The molecule has 1 aliphatic heterocycles. The van der Waals surface area contributed by atoms with Crippen molar-refractivity contribution in [2.45, 2.75) is 45.7 Å². The van der Waals surface area contributed by atoms with Crippen molar-refractivity contribution in [1.82, 2.24) is 29.9 Å². The van der Waals surface area contributed by atoms with Crippen LogP contribution < -0.4 is 0 Å². The molecule has 3 heterocycles. The lowest BCUT2D eigenvalue weighted by Crippen LogP contribution is -2.32. The maximum Gasteiger partial charge on any atom is 0.272 e. The highest BCUT2D eigenvalue weighted by atomic mass is 16.2. The van der Waals surface area contributed by atoms with Crippen molar-refractivity contribution in [3.05, 3.63) is 53.7 Å². The van der Waals surface area contributed by atoms with Crippen LogP contribution in [0.2, 0.25) is 0 Å². The Bertz CT molecular complexity index is 940. The first kappa shape index (κ1) is 17.5. The molecule has 27 heavy (non-hydrogen) atoms. The Morgan fingerprint density at radius 1 is 1.26 bits per heavy atom. The molecule has 3 aromatic rings. The second kappa shape index (κ2) is 6.98. The van der Waals surface area contributed by atoms with Crippen molar-refractivity contribution in [2.24, 2.45) is 0 Å². The third-order valence-electron chi connectivity index (χ3n) is 5.12. The first-order valence-corrected chi connectivity index (χ1v) is 9.37. The van der Waals surface area contributed by atoms with Crippen LogP contribution in [0, 0.1) is 6.92 Å². The third-order valence-corrected chi connectivity index (χ3v) is 5.12. The summed E-state index contributed by atoms with van der Waals surface area (Å²) in [5.41, 5.74) is 3.47. The van der Waals surface area contributed by atoms with Gasteiger partial charge in [-0.3, -0.25) is 9.89 Å². The number of nitrogens with one attached hydrogen (secondary N) is 1. The van der Waals surface area contributed by atoms with E-state index in [0.29, 0.717) is 12.2 Å². The van der Waals surface area contributed by atoms with E-state index in [1.54, 1.807) is 6.33 Å². The van der Waals surface area contributed by atoms with Gasteiger partial charge in [0.05, 0.1) is 11.7 Å². The summed E-state index contributed by atoms with van der Waals surface area (Å²) in [5, 5.41) is 15.6. The van der Waals surface area contributed by atoms with Crippen LogP contribution in [0.15, 0.2) is 36.7 Å². The van der Waals surface area contributed by atoms with Crippen molar-refractivity contribution >= 4 is 5.91 Å². The van der Waals surface area contributed by atoms with Crippen LogP contribution in [0.3, 0.4) is 0 Å². The summed E-state index contributed by atoms with van der Waals surface area (Å²) < 4.78 is 2.04. The molecule has 0 bridgehead atoms. The van der Waals surface area contributed by atoms with Gasteiger partial charge in [-0.05, 0) is 39.7 Å². The number of likely N-dealkylation sites (tertiary alicyclic amines) is 1. The second-order valence-corrected chi connectivity index (χ2v) is 7.38. The van der Waals surface area contributed by atoms with Gasteiger partial charge in [0.25, 0.3) is 5.91 Å². The summed E-state index contributed by atoms with van der Waals surface area (Å²) in [4.78, 5) is 15.0. The molecular weight excluding hydrogens is 340 g/mol. The van der Waals surface area contributed by atoms with E-state index in [2.05, 4.69) is 34.2 Å². The number of aromatic nitrogens is 5. The molecule has 1 amide bonds. The Kier molecular flexibility index (Phi) is 4.51. The van der Waals surface area contributed by atoms with Crippen LogP contribution in [-0.4, -0.2) is 42.3 Å². The molecule has 1 fully saturated rings. The number of aromatic amines is 1. The number of hydrogen-bond donors (Lipinski definition) is 1. The van der Waals surface area contributed by atoms with Crippen LogP contribution in [0.25, 0.3) is 11.3 Å². The van der Waals surface area contributed by atoms with E-state index >= 15 is 0 Å². The molecule has 1 N–H and O–H groups in total. The molecule has 1 saturated heterocycles. The molecule has 0 saturated carbocycles. The minimum absolute atomic E-state index is 0.0401. The number of hydrogen-bond acceptors (Lipinski definition) is 4. The standard InChI is InChI=1S/C20H24N6O/c1-13(2)26-12-21-24-19(26)18-5-4-10-25(18)20(27)17-11-16(22-23-17)15-8-6-14(3)7-9-15/h6-9,11-13,18H,4-5,10H2,1-3H3,(H,22,23). The zero-order chi connectivity index (χ0) is 19.0. The fraction of sp³-hybridized carbons (Fsp3) is 0.400. The SMILES string of the molecule is Cc1ccc(-c2cc(C(=O)N3CCCC3c3nncn3C(C)C)[nH]n2)cc1. The molecule has 1 aromatic carbocycles. The normalized spacial score (nSPS) is 17.0. The van der Waals surface area contributed by atoms with E-state index in [1.807, 2.05) is 46.7 Å². The number of H-pyrrole nitrogens is 1. The lowest BCUT2D eigenvalue weighted by molar-refractivity contribution is 0.0720. The fourth-order valence-electron chi connectivity index (χ4n) is 3.62. The van der Waals surface area contributed by atoms with Gasteiger partial charge in [0.15, 0.2) is 5.82 Å². The van der Waals surface area contributed by atoms with Gasteiger partial charge < -0.3 is 9.47 Å². The van der Waals surface area contributed by atoms with Crippen molar-refractivity contribution < 1.29 is 4.79 Å². The molecule has 2 aromatic heterocycles. The minimum atomic E-state index is -0.0477. The van der Waals surface area contributed by atoms with Gasteiger partial charge in [-0.15, -0.1) is 10.2 Å². The average molecular weight is 364 g/mol. The number of benzene rings is 1. The van der Waals surface area contributed by atoms with Gasteiger partial charge in [-0.1, -0.05) is 29.8 Å². The van der Waals surface area contributed by atoms with Crippen molar-refractivity contribution in [1.29, 1.82) is 0 Å². The Morgan fingerprint density at radius 3 is 2.78 bits per heavy atom. The number of aryl methyl sites for hydroxylation is 1. The number of amides is 1. The summed E-state index contributed by atoms with van der Waals surface area (Å²) in [6.45, 7) is 6.95. The highest BCUT2D eigenvalue weighted by molar-refractivity contribution is 5.93. The highest BCUT2D eigenvalue weighted by Crippen LogP contribution is 2.33. The number of rotatable bonds is 4. The van der Waals surface area contributed by atoms with Crippen LogP contribution >= 0.6 is 0 Å². The van der Waals surface area contributed by atoms with E-state index in [-0.39, 0.29) is 18.0 Å². The highest BCUT2D eigenvalue weighted by Gasteiger charge is 2.34. The molecule has 0 radical (unpaired) electrons. The first-order valence-electron chi connectivity index (χ1n) is 9.37. The minimum Gasteiger partial charge on any atom is -0.327 e. The van der Waals surface area contributed by atoms with Gasteiger partial charge in [0.2, 0.25) is 0 Å². The molecule has 140 valence electrons. The summed E-state index contributed by atoms with van der Waals surface area (Å²) >= 11 is 0. The number of carbonyl (C=O) groups is 1. The van der Waals surface area contributed by atoms with Crippen LogP contribution in [0.4, 0.5) is 0 Å². The molecule has 1 unspecified atom stereocenters. The lowest BCUT2D eigenvalue weighted by atomic mass is 10.1. The van der Waals surface area contributed by atoms with Crippen LogP contribution in [0.5, 0.6) is 0 Å². The largest absolute Gasteiger partial charge is 0.327 e. The van der Waals surface area contributed by atoms with E-state index < -0.39 is 0 Å². The van der Waals surface area contributed by atoms with Crippen molar-refractivity contribution in [3.63, 3.8) is 0 Å². The van der Waals surface area contributed by atoms with Crippen molar-refractivity contribution in [2.75, 3.05) is 6.54 Å². The molecule has 1 atom stereocenters. The summed E-state index contributed by atoms with van der Waals surface area (Å²) in [7, 11) is 0. The number of carbonyl (C=O) groups excluding carboxylic acids is 1. The molecule has 7 heteroatoms. The van der Waals surface area contributed by atoms with Crippen molar-refractivity contribution in [3.8, 4) is 11.3 Å². The topological polar surface area (TPSA) is 79.7 Å². The average Bonchev–Trinajstić information content (AvgIpc) is 3.40. The predicted molar refractivity (Wildman–Crippen MR) is 102 cm³/mol. The third kappa shape index (κ3) is 3.25. The smallest absolute Gasteiger partial charge is 0.272 e. The monoisotopic (exact) mass is 364 g/mol. The van der Waals surface area contributed by atoms with E-state index in [1.165, 1.54) is 5.56 Å². The molecule has 0 aliphatic carbocycles. The lowest BCUT2D eigenvalue weighted by Gasteiger charge is -2.24. The van der Waals surface area contributed by atoms with Crippen LogP contribution in [-0.2, 0) is 0 Å². The predicted octanol–water partition coefficient (Wildman–Crippen LogP) is 3.53. The Balaban J connectivity index is 1.59. The number of nitrogens with zero attached hydrogens (tertiary/aromatic N) is 5. The maximum absolute atomic E-state index is 13.1. The van der Waals surface area contributed by atoms with E-state index in [0.717, 1.165) is 29.9 Å². The summed E-state index contributed by atoms with van der Waals surface area (Å²) in [5.74, 6) is 0.816. The molecule has 4 rings (SSSR count). The Morgan fingerprint density at radius 2 is 2.04 bits per heavy atom. The molecule has 0 spiro atoms. The summed E-state index contributed by atoms with van der Waals surface area (Å²) in [6.07, 6.45) is 3.60. The molecule has 7 nitrogen and oxygen atoms in total. The van der Waals surface area contributed by atoms with Gasteiger partial charge in [0.1, 0.15) is 12.0 Å². The van der Waals surface area contributed by atoms with Gasteiger partial charge in [0, 0.05) is 18.2 Å². The zero-order valence-corrected chi connectivity index (χ0v) is 15.9. The zero-order valence-electron chi connectivity index (χ0n) is 15.9. The Labute approximate surface area is 158 Å². The van der Waals surface area contributed by atoms with Crippen LogP contribution in [0.1, 0.15) is 60.6 Å². The van der Waals surface area contributed by atoms with Gasteiger partial charge in [-0.25, -0.2) is 0 Å². The summed E-state index contributed by atoms with van der Waals surface area (Å²) in [6, 6.07) is 10.2. The van der Waals surface area contributed by atoms with Gasteiger partial charge >= 0.3 is 0 Å².